The van der Waals surface area contributed by atoms with Gasteiger partial charge in [0, 0.05) is 24.0 Å². The summed E-state index contributed by atoms with van der Waals surface area (Å²) in [6.45, 7) is 2.34. The highest BCUT2D eigenvalue weighted by Gasteiger charge is 2.33. The van der Waals surface area contributed by atoms with Crippen molar-refractivity contribution in [3.05, 3.63) is 29.3 Å². The van der Waals surface area contributed by atoms with Gasteiger partial charge in [-0.05, 0) is 48.3 Å². The Kier molecular flexibility index (Phi) is 3.42. The first-order valence-corrected chi connectivity index (χ1v) is 8.03. The summed E-state index contributed by atoms with van der Waals surface area (Å²) < 4.78 is 0. The van der Waals surface area contributed by atoms with E-state index in [4.69, 9.17) is 0 Å². The molecule has 0 bridgehead atoms. The lowest BCUT2D eigenvalue weighted by Crippen LogP contribution is -2.31. The van der Waals surface area contributed by atoms with Crippen LogP contribution >= 0.6 is 15.9 Å². The van der Waals surface area contributed by atoms with Crippen molar-refractivity contribution in [1.82, 2.24) is 0 Å². The molecule has 0 spiro atoms. The Labute approximate surface area is 123 Å². The fraction of sp³-hybridized carbons (Fsp3) is 0.562. The van der Waals surface area contributed by atoms with E-state index >= 15 is 0 Å². The van der Waals surface area contributed by atoms with Crippen molar-refractivity contribution in [2.75, 3.05) is 11.9 Å². The second-order valence-electron chi connectivity index (χ2n) is 5.94. The molecule has 1 saturated carbocycles. The average Bonchev–Trinajstić information content (AvgIpc) is 3.25. The summed E-state index contributed by atoms with van der Waals surface area (Å²) in [5, 5.41) is 0. The number of nitrogens with zero attached hydrogens (tertiary/aromatic N) is 1. The molecule has 0 radical (unpaired) electrons. The maximum absolute atomic E-state index is 11.7. The van der Waals surface area contributed by atoms with Crippen molar-refractivity contribution in [3.63, 3.8) is 0 Å². The predicted octanol–water partition coefficient (Wildman–Crippen LogP) is 4.08. The van der Waals surface area contributed by atoms with Gasteiger partial charge in [0.2, 0.25) is 5.91 Å². The molecule has 19 heavy (non-hydrogen) atoms. The first kappa shape index (κ1) is 13.2. The molecule has 1 aliphatic heterocycles. The molecule has 3 heteroatoms. The second kappa shape index (κ2) is 4.93. The van der Waals surface area contributed by atoms with Crippen molar-refractivity contribution in [2.45, 2.75) is 37.4 Å². The Morgan fingerprint density at radius 3 is 2.74 bits per heavy atom. The molecule has 0 aromatic heterocycles. The van der Waals surface area contributed by atoms with Crippen LogP contribution in [-0.2, 0) is 11.2 Å². The van der Waals surface area contributed by atoms with Gasteiger partial charge in [-0.2, -0.15) is 0 Å². The molecule has 3 rings (SSSR count). The summed E-state index contributed by atoms with van der Waals surface area (Å²) in [5.41, 5.74) is 3.76. The SMILES string of the molecule is CC(C1CC1)C(Br)c1ccc2c(c1)CCC(=O)N2C. The topological polar surface area (TPSA) is 20.3 Å². The Balaban J connectivity index is 1.86. The highest BCUT2D eigenvalue weighted by molar-refractivity contribution is 9.09. The Hall–Kier alpha value is -0.830. The smallest absolute Gasteiger partial charge is 0.227 e. The van der Waals surface area contributed by atoms with Gasteiger partial charge >= 0.3 is 0 Å². The second-order valence-corrected chi connectivity index (χ2v) is 6.93. The van der Waals surface area contributed by atoms with Crippen LogP contribution in [0.4, 0.5) is 5.69 Å². The van der Waals surface area contributed by atoms with Crippen molar-refractivity contribution in [1.29, 1.82) is 0 Å². The summed E-state index contributed by atoms with van der Waals surface area (Å²) in [4.78, 5) is 13.9. The minimum atomic E-state index is 0.224. The third-order valence-corrected chi connectivity index (χ3v) is 5.96. The van der Waals surface area contributed by atoms with E-state index < -0.39 is 0 Å². The number of rotatable bonds is 3. The number of anilines is 1. The van der Waals surface area contributed by atoms with Crippen LogP contribution in [0.3, 0.4) is 0 Å². The molecule has 0 saturated heterocycles. The number of amides is 1. The van der Waals surface area contributed by atoms with Gasteiger partial charge in [0.05, 0.1) is 0 Å². The minimum Gasteiger partial charge on any atom is -0.315 e. The molecule has 2 nitrogen and oxygen atoms in total. The standard InChI is InChI=1S/C16H20BrNO/c1-10(11-3-4-11)16(17)13-5-7-14-12(9-13)6-8-15(19)18(14)2/h5,7,9-11,16H,3-4,6,8H2,1-2H3. The van der Waals surface area contributed by atoms with E-state index in [2.05, 4.69) is 41.1 Å². The molecule has 2 aliphatic rings. The van der Waals surface area contributed by atoms with Gasteiger partial charge in [-0.1, -0.05) is 35.0 Å². The monoisotopic (exact) mass is 321 g/mol. The van der Waals surface area contributed by atoms with Crippen molar-refractivity contribution >= 4 is 27.5 Å². The van der Waals surface area contributed by atoms with Gasteiger partial charge in [-0.3, -0.25) is 4.79 Å². The van der Waals surface area contributed by atoms with Crippen LogP contribution in [0.5, 0.6) is 0 Å². The molecule has 102 valence electrons. The van der Waals surface area contributed by atoms with E-state index in [0.717, 1.165) is 18.0 Å². The quantitative estimate of drug-likeness (QED) is 0.768. The van der Waals surface area contributed by atoms with Crippen LogP contribution in [0, 0.1) is 11.8 Å². The summed E-state index contributed by atoms with van der Waals surface area (Å²) in [6, 6.07) is 6.57. The summed E-state index contributed by atoms with van der Waals surface area (Å²) >= 11 is 3.87. The van der Waals surface area contributed by atoms with Gasteiger partial charge in [-0.15, -0.1) is 0 Å². The predicted molar refractivity (Wildman–Crippen MR) is 81.7 cm³/mol. The van der Waals surface area contributed by atoms with Crippen molar-refractivity contribution in [3.8, 4) is 0 Å². The summed E-state index contributed by atoms with van der Waals surface area (Å²) in [5.74, 6) is 1.81. The van der Waals surface area contributed by atoms with Crippen LogP contribution in [0.15, 0.2) is 18.2 Å². The number of hydrogen-bond acceptors (Lipinski definition) is 1. The largest absolute Gasteiger partial charge is 0.315 e. The number of carbonyl (C=O) groups excluding carboxylic acids is 1. The molecule has 0 N–H and O–H groups in total. The Morgan fingerprint density at radius 1 is 1.32 bits per heavy atom. The minimum absolute atomic E-state index is 0.224. The molecule has 1 fully saturated rings. The fourth-order valence-corrected chi connectivity index (χ4v) is 3.73. The zero-order valence-electron chi connectivity index (χ0n) is 11.5. The Morgan fingerprint density at radius 2 is 2.05 bits per heavy atom. The maximum Gasteiger partial charge on any atom is 0.227 e. The van der Waals surface area contributed by atoms with E-state index in [1.807, 2.05) is 7.05 Å². The van der Waals surface area contributed by atoms with E-state index in [-0.39, 0.29) is 5.91 Å². The van der Waals surface area contributed by atoms with Gasteiger partial charge in [0.15, 0.2) is 0 Å². The first-order valence-electron chi connectivity index (χ1n) is 7.11. The third-order valence-electron chi connectivity index (χ3n) is 4.59. The first-order chi connectivity index (χ1) is 9.08. The molecule has 1 aliphatic carbocycles. The van der Waals surface area contributed by atoms with Gasteiger partial charge in [-0.25, -0.2) is 0 Å². The number of hydrogen-bond donors (Lipinski definition) is 0. The van der Waals surface area contributed by atoms with E-state index in [1.165, 1.54) is 24.0 Å². The van der Waals surface area contributed by atoms with Crippen LogP contribution in [-0.4, -0.2) is 13.0 Å². The lowest BCUT2D eigenvalue weighted by atomic mass is 9.92. The van der Waals surface area contributed by atoms with Gasteiger partial charge < -0.3 is 4.90 Å². The van der Waals surface area contributed by atoms with Crippen LogP contribution in [0.2, 0.25) is 0 Å². The lowest BCUT2D eigenvalue weighted by Gasteiger charge is -2.27. The number of aryl methyl sites for hydroxylation is 1. The molecule has 2 unspecified atom stereocenters. The molecule has 1 aromatic rings. The normalized spacial score (nSPS) is 22.1. The molecule has 1 aromatic carbocycles. The number of benzene rings is 1. The van der Waals surface area contributed by atoms with Crippen LogP contribution in [0.1, 0.15) is 42.1 Å². The number of fused-ring (bicyclic) bond motifs is 1. The maximum atomic E-state index is 11.7. The third kappa shape index (κ3) is 2.45. The molecular weight excluding hydrogens is 302 g/mol. The zero-order valence-corrected chi connectivity index (χ0v) is 13.1. The molecular formula is C16H20BrNO. The average molecular weight is 322 g/mol. The summed E-state index contributed by atoms with van der Waals surface area (Å²) in [7, 11) is 1.87. The Bertz CT molecular complexity index is 509. The molecule has 1 amide bonds. The van der Waals surface area contributed by atoms with Crippen LogP contribution in [0.25, 0.3) is 0 Å². The van der Waals surface area contributed by atoms with Crippen molar-refractivity contribution in [2.24, 2.45) is 11.8 Å². The highest BCUT2D eigenvalue weighted by atomic mass is 79.9. The van der Waals surface area contributed by atoms with E-state index in [9.17, 15) is 4.79 Å². The zero-order chi connectivity index (χ0) is 13.6. The fourth-order valence-electron chi connectivity index (χ4n) is 3.01. The van der Waals surface area contributed by atoms with E-state index in [0.29, 0.717) is 17.2 Å². The lowest BCUT2D eigenvalue weighted by molar-refractivity contribution is -0.118. The number of halogens is 1. The number of carbonyl (C=O) groups is 1. The van der Waals surface area contributed by atoms with Crippen molar-refractivity contribution < 1.29 is 4.79 Å². The summed E-state index contributed by atoms with van der Waals surface area (Å²) in [6.07, 6.45) is 4.28. The van der Waals surface area contributed by atoms with Gasteiger partial charge in [0.25, 0.3) is 0 Å². The number of alkyl halides is 1. The molecule has 1 heterocycles. The van der Waals surface area contributed by atoms with Gasteiger partial charge in [0.1, 0.15) is 0 Å². The highest BCUT2D eigenvalue weighted by Crippen LogP contribution is 2.46. The van der Waals surface area contributed by atoms with E-state index in [1.54, 1.807) is 4.90 Å². The van der Waals surface area contributed by atoms with Crippen LogP contribution < -0.4 is 4.90 Å². The molecule has 2 atom stereocenters.